The molecule has 4 heteroatoms. The number of nitrogens with zero attached hydrogens (tertiary/aromatic N) is 2. The number of benzene rings is 5. The third-order valence-corrected chi connectivity index (χ3v) is 6.80. The summed E-state index contributed by atoms with van der Waals surface area (Å²) in [7, 11) is 5.45. The maximum atomic E-state index is 5.37. The normalized spacial score (nSPS) is 10.6. The van der Waals surface area contributed by atoms with Gasteiger partial charge in [-0.3, -0.25) is 0 Å². The molecular weight excluding hydrogens is 468 g/mol. The molecule has 0 saturated carbocycles. The van der Waals surface area contributed by atoms with Crippen molar-refractivity contribution in [1.82, 2.24) is 0 Å². The third kappa shape index (κ3) is 5.35. The standard InChI is InChI=1S/C34H32N2O2/c1-25-5-11-30(12-6-25)36(32-19-23-34(38-4)24-20-32)31-15-9-27(10-16-31)26-7-13-28(14-8-26)35(2)29-17-21-33(37-3)22-18-29/h5-24H,1-4H3. The first kappa shape index (κ1) is 25.0. The fraction of sp³-hybridized carbons (Fsp3) is 0.118. The first-order valence-corrected chi connectivity index (χ1v) is 12.6. The lowest BCUT2D eigenvalue weighted by atomic mass is 10.0. The molecule has 4 nitrogen and oxygen atoms in total. The Labute approximate surface area is 225 Å². The quantitative estimate of drug-likeness (QED) is 0.212. The molecule has 0 saturated heterocycles. The zero-order chi connectivity index (χ0) is 26.5. The van der Waals surface area contributed by atoms with Crippen molar-refractivity contribution < 1.29 is 9.47 Å². The second-order valence-electron chi connectivity index (χ2n) is 9.22. The van der Waals surface area contributed by atoms with E-state index in [-0.39, 0.29) is 0 Å². The van der Waals surface area contributed by atoms with E-state index in [0.29, 0.717) is 0 Å². The second-order valence-corrected chi connectivity index (χ2v) is 9.22. The number of methoxy groups -OCH3 is 2. The summed E-state index contributed by atoms with van der Waals surface area (Å²) in [5, 5.41) is 0. The Bertz CT molecular complexity index is 1460. The van der Waals surface area contributed by atoms with Gasteiger partial charge in [0.2, 0.25) is 0 Å². The van der Waals surface area contributed by atoms with E-state index >= 15 is 0 Å². The molecule has 0 fully saturated rings. The summed E-state index contributed by atoms with van der Waals surface area (Å²) in [5.74, 6) is 1.70. The van der Waals surface area contributed by atoms with E-state index in [1.165, 1.54) is 16.7 Å². The molecule has 0 aliphatic heterocycles. The molecule has 0 bridgehead atoms. The van der Waals surface area contributed by atoms with Crippen molar-refractivity contribution in [3.8, 4) is 22.6 Å². The minimum atomic E-state index is 0.842. The first-order chi connectivity index (χ1) is 18.6. The Kier molecular flexibility index (Phi) is 7.32. The van der Waals surface area contributed by atoms with Gasteiger partial charge < -0.3 is 19.3 Å². The highest BCUT2D eigenvalue weighted by Crippen LogP contribution is 2.37. The summed E-state index contributed by atoms with van der Waals surface area (Å²) in [6.07, 6.45) is 0. The van der Waals surface area contributed by atoms with E-state index in [1.807, 2.05) is 24.3 Å². The van der Waals surface area contributed by atoms with Gasteiger partial charge in [0.25, 0.3) is 0 Å². The van der Waals surface area contributed by atoms with Crippen LogP contribution in [0.3, 0.4) is 0 Å². The fourth-order valence-electron chi connectivity index (χ4n) is 4.51. The van der Waals surface area contributed by atoms with E-state index in [1.54, 1.807) is 14.2 Å². The second kappa shape index (κ2) is 11.1. The summed E-state index contributed by atoms with van der Waals surface area (Å²) >= 11 is 0. The number of hydrogen-bond donors (Lipinski definition) is 0. The Morgan fingerprint density at radius 3 is 1.13 bits per heavy atom. The highest BCUT2D eigenvalue weighted by Gasteiger charge is 2.13. The predicted octanol–water partition coefficient (Wildman–Crippen LogP) is 8.92. The van der Waals surface area contributed by atoms with E-state index in [2.05, 4.69) is 121 Å². The monoisotopic (exact) mass is 500 g/mol. The van der Waals surface area contributed by atoms with Gasteiger partial charge in [0.1, 0.15) is 11.5 Å². The molecule has 0 N–H and O–H groups in total. The largest absolute Gasteiger partial charge is 0.497 e. The molecule has 5 rings (SSSR count). The Hall–Kier alpha value is -4.70. The van der Waals surface area contributed by atoms with Crippen LogP contribution in [0.1, 0.15) is 5.56 Å². The lowest BCUT2D eigenvalue weighted by molar-refractivity contribution is 0.414. The number of ether oxygens (including phenoxy) is 2. The maximum Gasteiger partial charge on any atom is 0.119 e. The highest BCUT2D eigenvalue weighted by atomic mass is 16.5. The number of hydrogen-bond acceptors (Lipinski definition) is 4. The Morgan fingerprint density at radius 2 is 0.737 bits per heavy atom. The molecule has 5 aromatic rings. The van der Waals surface area contributed by atoms with Gasteiger partial charge >= 0.3 is 0 Å². The minimum Gasteiger partial charge on any atom is -0.497 e. The molecule has 38 heavy (non-hydrogen) atoms. The molecule has 0 atom stereocenters. The smallest absolute Gasteiger partial charge is 0.119 e. The lowest BCUT2D eigenvalue weighted by Gasteiger charge is -2.26. The molecule has 0 unspecified atom stereocenters. The summed E-state index contributed by atoms with van der Waals surface area (Å²) in [4.78, 5) is 4.43. The Morgan fingerprint density at radius 1 is 0.421 bits per heavy atom. The molecule has 0 heterocycles. The molecule has 190 valence electrons. The SMILES string of the molecule is COc1ccc(N(C)c2ccc(-c3ccc(N(c4ccc(C)cc4)c4ccc(OC)cc4)cc3)cc2)cc1. The van der Waals surface area contributed by atoms with E-state index in [0.717, 1.165) is 39.9 Å². The fourth-order valence-corrected chi connectivity index (χ4v) is 4.51. The van der Waals surface area contributed by atoms with Gasteiger partial charge in [-0.1, -0.05) is 42.0 Å². The van der Waals surface area contributed by atoms with Crippen LogP contribution in [0.25, 0.3) is 11.1 Å². The van der Waals surface area contributed by atoms with Crippen LogP contribution < -0.4 is 19.3 Å². The minimum absolute atomic E-state index is 0.842. The zero-order valence-corrected chi connectivity index (χ0v) is 22.3. The van der Waals surface area contributed by atoms with Crippen LogP contribution in [0.15, 0.2) is 121 Å². The van der Waals surface area contributed by atoms with Crippen LogP contribution in [0.5, 0.6) is 11.5 Å². The van der Waals surface area contributed by atoms with Crippen LogP contribution in [0.2, 0.25) is 0 Å². The lowest BCUT2D eigenvalue weighted by Crippen LogP contribution is -2.10. The summed E-state index contributed by atoms with van der Waals surface area (Å²) in [6, 6.07) is 42.2. The van der Waals surface area contributed by atoms with Crippen molar-refractivity contribution in [2.24, 2.45) is 0 Å². The van der Waals surface area contributed by atoms with Crippen molar-refractivity contribution in [2.45, 2.75) is 6.92 Å². The van der Waals surface area contributed by atoms with E-state index < -0.39 is 0 Å². The maximum absolute atomic E-state index is 5.37. The molecule has 0 radical (unpaired) electrons. The van der Waals surface area contributed by atoms with Crippen molar-refractivity contribution in [3.05, 3.63) is 127 Å². The summed E-state index contributed by atoms with van der Waals surface area (Å²) < 4.78 is 10.7. The first-order valence-electron chi connectivity index (χ1n) is 12.6. The molecule has 5 aromatic carbocycles. The van der Waals surface area contributed by atoms with Gasteiger partial charge in [-0.2, -0.15) is 0 Å². The van der Waals surface area contributed by atoms with Crippen LogP contribution in [0, 0.1) is 6.92 Å². The zero-order valence-electron chi connectivity index (χ0n) is 22.3. The summed E-state index contributed by atoms with van der Waals surface area (Å²) in [6.45, 7) is 2.11. The van der Waals surface area contributed by atoms with E-state index in [4.69, 9.17) is 9.47 Å². The Balaban J connectivity index is 1.40. The average molecular weight is 501 g/mol. The molecule has 0 amide bonds. The van der Waals surface area contributed by atoms with Crippen LogP contribution >= 0.6 is 0 Å². The number of aryl methyl sites for hydroxylation is 1. The van der Waals surface area contributed by atoms with E-state index in [9.17, 15) is 0 Å². The van der Waals surface area contributed by atoms with Crippen molar-refractivity contribution in [3.63, 3.8) is 0 Å². The van der Waals surface area contributed by atoms with Crippen LogP contribution in [0.4, 0.5) is 28.4 Å². The summed E-state index contributed by atoms with van der Waals surface area (Å²) in [5.41, 5.74) is 9.10. The number of rotatable bonds is 8. The van der Waals surface area contributed by atoms with Gasteiger partial charge in [-0.25, -0.2) is 0 Å². The highest BCUT2D eigenvalue weighted by molar-refractivity contribution is 5.79. The molecular formula is C34H32N2O2. The van der Waals surface area contributed by atoms with Crippen molar-refractivity contribution >= 4 is 28.4 Å². The topological polar surface area (TPSA) is 24.9 Å². The number of anilines is 5. The molecule has 0 aromatic heterocycles. The molecule has 0 spiro atoms. The van der Waals surface area contributed by atoms with Crippen LogP contribution in [-0.2, 0) is 0 Å². The van der Waals surface area contributed by atoms with Gasteiger partial charge in [-0.15, -0.1) is 0 Å². The average Bonchev–Trinajstić information content (AvgIpc) is 2.99. The van der Waals surface area contributed by atoms with Gasteiger partial charge in [-0.05, 0) is 103 Å². The van der Waals surface area contributed by atoms with Crippen LogP contribution in [-0.4, -0.2) is 21.3 Å². The molecule has 0 aliphatic carbocycles. The van der Waals surface area contributed by atoms with Gasteiger partial charge in [0.15, 0.2) is 0 Å². The van der Waals surface area contributed by atoms with Gasteiger partial charge in [0.05, 0.1) is 14.2 Å². The van der Waals surface area contributed by atoms with Crippen molar-refractivity contribution in [2.75, 3.05) is 31.1 Å². The molecule has 0 aliphatic rings. The van der Waals surface area contributed by atoms with Gasteiger partial charge in [0, 0.05) is 35.5 Å². The third-order valence-electron chi connectivity index (χ3n) is 6.80. The predicted molar refractivity (Wildman–Crippen MR) is 159 cm³/mol. The van der Waals surface area contributed by atoms with Crippen molar-refractivity contribution in [1.29, 1.82) is 0 Å².